The molecule has 2 aromatic heterocycles. The lowest BCUT2D eigenvalue weighted by molar-refractivity contribution is -0.141. The zero-order chi connectivity index (χ0) is 22.6. The lowest BCUT2D eigenvalue weighted by Gasteiger charge is -2.38. The van der Waals surface area contributed by atoms with Crippen molar-refractivity contribution < 1.29 is 9.59 Å². The van der Waals surface area contributed by atoms with Crippen LogP contribution < -0.4 is 4.90 Å². The highest BCUT2D eigenvalue weighted by atomic mass is 32.1. The second-order valence-electron chi connectivity index (χ2n) is 8.78. The lowest BCUT2D eigenvalue weighted by Crippen LogP contribution is -2.52. The summed E-state index contributed by atoms with van der Waals surface area (Å²) in [6.07, 6.45) is 4.63. The van der Waals surface area contributed by atoms with Crippen LogP contribution in [-0.2, 0) is 16.0 Å². The molecule has 5 rings (SSSR count). The summed E-state index contributed by atoms with van der Waals surface area (Å²) >= 11 is 1.61. The van der Waals surface area contributed by atoms with E-state index in [0.717, 1.165) is 60.9 Å². The predicted molar refractivity (Wildman–Crippen MR) is 130 cm³/mol. The van der Waals surface area contributed by atoms with Crippen LogP contribution >= 0.6 is 11.3 Å². The minimum Gasteiger partial charge on any atom is -0.344 e. The summed E-state index contributed by atoms with van der Waals surface area (Å²) < 4.78 is 0. The first-order valence-electron chi connectivity index (χ1n) is 11.7. The van der Waals surface area contributed by atoms with E-state index in [-0.39, 0.29) is 17.7 Å². The molecule has 0 spiro atoms. The topological polar surface area (TPSA) is 69.6 Å². The van der Waals surface area contributed by atoms with Crippen molar-refractivity contribution in [3.8, 4) is 0 Å². The molecule has 0 aliphatic carbocycles. The van der Waals surface area contributed by atoms with Crippen LogP contribution in [0.3, 0.4) is 0 Å². The lowest BCUT2D eigenvalue weighted by atomic mass is 9.94. The number of rotatable bonds is 5. The summed E-state index contributed by atoms with van der Waals surface area (Å²) in [5.41, 5.74) is 2.12. The Kier molecular flexibility index (Phi) is 6.53. The Morgan fingerprint density at radius 1 is 0.909 bits per heavy atom. The van der Waals surface area contributed by atoms with E-state index in [1.165, 1.54) is 5.56 Å². The van der Waals surface area contributed by atoms with Gasteiger partial charge in [-0.1, -0.05) is 41.7 Å². The maximum absolute atomic E-state index is 13.1. The molecule has 2 saturated heterocycles. The van der Waals surface area contributed by atoms with Crippen molar-refractivity contribution in [2.75, 3.05) is 44.2 Å². The summed E-state index contributed by atoms with van der Waals surface area (Å²) in [6, 6.07) is 14.0. The maximum Gasteiger partial charge on any atom is 0.225 e. The molecule has 2 amide bonds. The number of aromatic nitrogens is 2. The number of benzene rings is 1. The number of piperazine rings is 1. The number of likely N-dealkylation sites (tertiary alicyclic amines) is 1. The molecular weight excluding hydrogens is 434 g/mol. The summed E-state index contributed by atoms with van der Waals surface area (Å²) in [7, 11) is 0. The first-order chi connectivity index (χ1) is 16.2. The number of nitrogens with zero attached hydrogens (tertiary/aromatic N) is 5. The highest BCUT2D eigenvalue weighted by Gasteiger charge is 2.32. The van der Waals surface area contributed by atoms with Gasteiger partial charge in [-0.3, -0.25) is 9.59 Å². The number of pyridine rings is 1. The van der Waals surface area contributed by atoms with Gasteiger partial charge < -0.3 is 14.7 Å². The average Bonchev–Trinajstić information content (AvgIpc) is 3.32. The molecule has 0 N–H and O–H groups in total. The molecule has 2 fully saturated rings. The van der Waals surface area contributed by atoms with Gasteiger partial charge in [-0.2, -0.15) is 0 Å². The van der Waals surface area contributed by atoms with Gasteiger partial charge in [0.15, 0.2) is 5.13 Å². The van der Waals surface area contributed by atoms with Gasteiger partial charge in [0.05, 0.1) is 0 Å². The number of thiazole rings is 1. The number of hydrogen-bond donors (Lipinski definition) is 0. The number of carbonyl (C=O) groups excluding carboxylic acids is 2. The molecule has 0 unspecified atom stereocenters. The summed E-state index contributed by atoms with van der Waals surface area (Å²) in [4.78, 5) is 41.9. The van der Waals surface area contributed by atoms with Crippen LogP contribution in [0.1, 0.15) is 24.8 Å². The van der Waals surface area contributed by atoms with Gasteiger partial charge in [0.2, 0.25) is 11.8 Å². The van der Waals surface area contributed by atoms with Crippen molar-refractivity contribution in [1.29, 1.82) is 0 Å². The van der Waals surface area contributed by atoms with E-state index in [4.69, 9.17) is 4.98 Å². The molecule has 172 valence electrons. The van der Waals surface area contributed by atoms with Gasteiger partial charge >= 0.3 is 0 Å². The van der Waals surface area contributed by atoms with Crippen molar-refractivity contribution in [1.82, 2.24) is 19.8 Å². The fraction of sp³-hybridized carbons (Fsp3) is 0.440. The fourth-order valence-electron chi connectivity index (χ4n) is 4.70. The number of piperidine rings is 1. The second kappa shape index (κ2) is 9.87. The molecule has 7 nitrogen and oxygen atoms in total. The van der Waals surface area contributed by atoms with E-state index in [1.807, 2.05) is 40.1 Å². The van der Waals surface area contributed by atoms with Crippen LogP contribution in [0, 0.1) is 5.92 Å². The zero-order valence-electron chi connectivity index (χ0n) is 18.7. The Morgan fingerprint density at radius 3 is 2.39 bits per heavy atom. The largest absolute Gasteiger partial charge is 0.344 e. The molecule has 0 saturated carbocycles. The minimum atomic E-state index is 0.0291. The van der Waals surface area contributed by atoms with E-state index in [0.29, 0.717) is 19.5 Å². The van der Waals surface area contributed by atoms with Gasteiger partial charge in [-0.25, -0.2) is 9.97 Å². The minimum absolute atomic E-state index is 0.0291. The Hall–Kier alpha value is -3.00. The van der Waals surface area contributed by atoms with Gasteiger partial charge in [0, 0.05) is 57.8 Å². The third-order valence-electron chi connectivity index (χ3n) is 6.68. The first kappa shape index (κ1) is 21.8. The van der Waals surface area contributed by atoms with Crippen LogP contribution in [0.25, 0.3) is 10.3 Å². The van der Waals surface area contributed by atoms with E-state index >= 15 is 0 Å². The fourth-order valence-corrected chi connectivity index (χ4v) is 5.66. The molecule has 2 aliphatic heterocycles. The molecule has 1 aromatic carbocycles. The highest BCUT2D eigenvalue weighted by Crippen LogP contribution is 2.28. The highest BCUT2D eigenvalue weighted by molar-refractivity contribution is 7.21. The van der Waals surface area contributed by atoms with Crippen LogP contribution in [0.4, 0.5) is 5.13 Å². The number of amides is 2. The smallest absolute Gasteiger partial charge is 0.225 e. The number of fused-ring (bicyclic) bond motifs is 1. The van der Waals surface area contributed by atoms with Gasteiger partial charge in [0.1, 0.15) is 10.3 Å². The van der Waals surface area contributed by atoms with Crippen LogP contribution in [0.15, 0.2) is 48.7 Å². The second-order valence-corrected chi connectivity index (χ2v) is 9.73. The molecule has 0 bridgehead atoms. The zero-order valence-corrected chi connectivity index (χ0v) is 19.5. The molecule has 2 aliphatic rings. The number of aryl methyl sites for hydroxylation is 1. The van der Waals surface area contributed by atoms with Crippen LogP contribution in [-0.4, -0.2) is 70.9 Å². The predicted octanol–water partition coefficient (Wildman–Crippen LogP) is 3.21. The van der Waals surface area contributed by atoms with Crippen molar-refractivity contribution >= 4 is 38.6 Å². The van der Waals surface area contributed by atoms with Crippen molar-refractivity contribution in [2.45, 2.75) is 25.7 Å². The van der Waals surface area contributed by atoms with Crippen molar-refractivity contribution in [3.05, 3.63) is 54.2 Å². The number of hydrogen-bond acceptors (Lipinski definition) is 6. The van der Waals surface area contributed by atoms with E-state index in [9.17, 15) is 9.59 Å². The number of carbonyl (C=O) groups is 2. The van der Waals surface area contributed by atoms with E-state index in [1.54, 1.807) is 17.5 Å². The molecule has 4 heterocycles. The SMILES string of the molecule is O=C(CCc1ccccc1)N1CCC(C(=O)N2CCN(c3nc4cccnc4s3)CC2)CC1. The summed E-state index contributed by atoms with van der Waals surface area (Å²) in [5, 5.41) is 0.984. The molecule has 8 heteroatoms. The molecular formula is C25H29N5O2S. The van der Waals surface area contributed by atoms with E-state index < -0.39 is 0 Å². The van der Waals surface area contributed by atoms with Crippen molar-refractivity contribution in [3.63, 3.8) is 0 Å². The number of anilines is 1. The molecule has 3 aromatic rings. The Morgan fingerprint density at radius 2 is 1.67 bits per heavy atom. The Balaban J connectivity index is 1.08. The van der Waals surface area contributed by atoms with Crippen LogP contribution in [0.2, 0.25) is 0 Å². The summed E-state index contributed by atoms with van der Waals surface area (Å²) in [6.45, 7) is 4.40. The molecule has 0 radical (unpaired) electrons. The van der Waals surface area contributed by atoms with Gasteiger partial charge in [-0.15, -0.1) is 0 Å². The normalized spacial score (nSPS) is 17.5. The summed E-state index contributed by atoms with van der Waals surface area (Å²) in [5.74, 6) is 0.474. The quantitative estimate of drug-likeness (QED) is 0.581. The maximum atomic E-state index is 13.1. The van der Waals surface area contributed by atoms with E-state index in [2.05, 4.69) is 22.0 Å². The Bertz CT molecular complexity index is 1070. The van der Waals surface area contributed by atoms with Crippen LogP contribution in [0.5, 0.6) is 0 Å². The average molecular weight is 464 g/mol. The third-order valence-corrected chi connectivity index (χ3v) is 7.72. The third kappa shape index (κ3) is 5.00. The van der Waals surface area contributed by atoms with Gasteiger partial charge in [-0.05, 0) is 37.0 Å². The standard InChI is InChI=1S/C25H29N5O2S/c31-22(9-8-19-5-2-1-3-6-19)28-13-10-20(11-14-28)24(32)29-15-17-30(18-16-29)25-27-21-7-4-12-26-23(21)33-25/h1-7,12,20H,8-11,13-18H2. The molecule has 33 heavy (non-hydrogen) atoms. The monoisotopic (exact) mass is 463 g/mol. The molecule has 0 atom stereocenters. The first-order valence-corrected chi connectivity index (χ1v) is 12.6. The Labute approximate surface area is 198 Å². The van der Waals surface area contributed by atoms with Crippen molar-refractivity contribution in [2.24, 2.45) is 5.92 Å². The van der Waals surface area contributed by atoms with Gasteiger partial charge in [0.25, 0.3) is 0 Å².